The van der Waals surface area contributed by atoms with Gasteiger partial charge in [0.05, 0.1) is 10.6 Å². The zero-order chi connectivity index (χ0) is 18.1. The van der Waals surface area contributed by atoms with E-state index in [0.29, 0.717) is 15.8 Å². The van der Waals surface area contributed by atoms with Gasteiger partial charge in [0.25, 0.3) is 5.91 Å². The third-order valence-electron chi connectivity index (χ3n) is 4.27. The number of thioether (sulfide) groups is 1. The van der Waals surface area contributed by atoms with Crippen LogP contribution in [0.25, 0.3) is 6.08 Å². The average Bonchev–Trinajstić information content (AvgIpc) is 3.23. The van der Waals surface area contributed by atoms with E-state index in [1.54, 1.807) is 11.9 Å². The molecule has 0 spiro atoms. The highest BCUT2D eigenvalue weighted by molar-refractivity contribution is 8.18. The summed E-state index contributed by atoms with van der Waals surface area (Å²) in [5.74, 6) is 1.37. The number of hydrogen-bond donors (Lipinski definition) is 0. The first-order valence-corrected chi connectivity index (χ1v) is 9.20. The van der Waals surface area contributed by atoms with E-state index in [-0.39, 0.29) is 12.7 Å². The van der Waals surface area contributed by atoms with Crippen LogP contribution in [-0.2, 0) is 11.2 Å². The van der Waals surface area contributed by atoms with Gasteiger partial charge < -0.3 is 9.47 Å². The Morgan fingerprint density at radius 3 is 2.69 bits per heavy atom. The number of fused-ring (bicyclic) bond motifs is 1. The van der Waals surface area contributed by atoms with Crippen molar-refractivity contribution < 1.29 is 14.3 Å². The predicted octanol–water partition coefficient (Wildman–Crippen LogP) is 4.21. The monoisotopic (exact) mass is 366 g/mol. The maximum atomic E-state index is 12.5. The molecule has 6 heteroatoms. The van der Waals surface area contributed by atoms with Crippen LogP contribution in [0.15, 0.2) is 52.4 Å². The molecule has 2 aromatic carbocycles. The van der Waals surface area contributed by atoms with Gasteiger partial charge in [0, 0.05) is 7.05 Å². The number of hydrogen-bond acceptors (Lipinski definition) is 5. The molecule has 5 nitrogen and oxygen atoms in total. The van der Waals surface area contributed by atoms with Crippen molar-refractivity contribution in [3.63, 3.8) is 0 Å². The molecule has 0 bridgehead atoms. The van der Waals surface area contributed by atoms with Gasteiger partial charge in [-0.3, -0.25) is 9.69 Å². The molecule has 0 unspecified atom stereocenters. The molecule has 0 saturated carbocycles. The van der Waals surface area contributed by atoms with E-state index in [1.807, 2.05) is 36.4 Å². The predicted molar refractivity (Wildman–Crippen MR) is 104 cm³/mol. The van der Waals surface area contributed by atoms with Gasteiger partial charge in [0.2, 0.25) is 6.79 Å². The van der Waals surface area contributed by atoms with Gasteiger partial charge in [0.1, 0.15) is 0 Å². The van der Waals surface area contributed by atoms with Gasteiger partial charge in [0.15, 0.2) is 16.7 Å². The van der Waals surface area contributed by atoms with Crippen molar-refractivity contribution in [1.82, 2.24) is 4.90 Å². The van der Waals surface area contributed by atoms with E-state index in [9.17, 15) is 4.79 Å². The number of aryl methyl sites for hydroxylation is 1. The molecular weight excluding hydrogens is 348 g/mol. The molecule has 2 aliphatic heterocycles. The quantitative estimate of drug-likeness (QED) is 0.764. The smallest absolute Gasteiger partial charge is 0.266 e. The summed E-state index contributed by atoms with van der Waals surface area (Å²) in [5, 5.41) is 0.672. The Hall–Kier alpha value is -2.73. The van der Waals surface area contributed by atoms with Crippen LogP contribution < -0.4 is 9.47 Å². The first-order chi connectivity index (χ1) is 12.6. The molecule has 1 fully saturated rings. The number of amides is 1. The van der Waals surface area contributed by atoms with Crippen LogP contribution in [0.4, 0.5) is 5.69 Å². The summed E-state index contributed by atoms with van der Waals surface area (Å²) in [6.07, 6.45) is 2.85. The van der Waals surface area contributed by atoms with E-state index < -0.39 is 0 Å². The van der Waals surface area contributed by atoms with E-state index in [0.717, 1.165) is 23.4 Å². The summed E-state index contributed by atoms with van der Waals surface area (Å²) in [6.45, 7) is 2.35. The summed E-state index contributed by atoms with van der Waals surface area (Å²) >= 11 is 1.38. The summed E-state index contributed by atoms with van der Waals surface area (Å²) in [6, 6.07) is 13.7. The van der Waals surface area contributed by atoms with Crippen molar-refractivity contribution in [1.29, 1.82) is 0 Å². The first kappa shape index (κ1) is 16.7. The first-order valence-electron chi connectivity index (χ1n) is 8.39. The second-order valence-corrected chi connectivity index (χ2v) is 7.01. The number of carbonyl (C=O) groups excluding carboxylic acids is 1. The number of aliphatic imine (C=N–C) groups is 1. The van der Waals surface area contributed by atoms with Crippen LogP contribution in [0.3, 0.4) is 0 Å². The van der Waals surface area contributed by atoms with E-state index in [1.165, 1.54) is 17.3 Å². The van der Waals surface area contributed by atoms with Crippen molar-refractivity contribution in [2.24, 2.45) is 4.99 Å². The van der Waals surface area contributed by atoms with Crippen LogP contribution in [0.1, 0.15) is 18.1 Å². The lowest BCUT2D eigenvalue weighted by Crippen LogP contribution is -2.23. The van der Waals surface area contributed by atoms with Crippen molar-refractivity contribution in [2.45, 2.75) is 13.3 Å². The van der Waals surface area contributed by atoms with Crippen molar-refractivity contribution >= 4 is 34.6 Å². The fourth-order valence-corrected chi connectivity index (χ4v) is 3.71. The minimum atomic E-state index is -0.0587. The van der Waals surface area contributed by atoms with Gasteiger partial charge in [-0.2, -0.15) is 0 Å². The Balaban J connectivity index is 1.59. The fraction of sp³-hybridized carbons (Fsp3) is 0.200. The number of rotatable bonds is 3. The van der Waals surface area contributed by atoms with Crippen LogP contribution in [0, 0.1) is 0 Å². The maximum absolute atomic E-state index is 12.5. The summed E-state index contributed by atoms with van der Waals surface area (Å²) in [5.41, 5.74) is 3.00. The number of nitrogens with zero attached hydrogens (tertiary/aromatic N) is 2. The third-order valence-corrected chi connectivity index (χ3v) is 5.33. The molecule has 2 heterocycles. The van der Waals surface area contributed by atoms with Crippen molar-refractivity contribution in [3.05, 3.63) is 58.5 Å². The molecule has 0 aliphatic carbocycles. The Morgan fingerprint density at radius 1 is 1.15 bits per heavy atom. The van der Waals surface area contributed by atoms with Gasteiger partial charge in [-0.25, -0.2) is 4.99 Å². The van der Waals surface area contributed by atoms with Crippen LogP contribution in [0.2, 0.25) is 0 Å². The third kappa shape index (κ3) is 3.20. The Kier molecular flexibility index (Phi) is 4.42. The number of benzene rings is 2. The van der Waals surface area contributed by atoms with Crippen molar-refractivity contribution in [3.8, 4) is 11.5 Å². The zero-order valence-corrected chi connectivity index (χ0v) is 15.4. The number of likely N-dealkylation sites (N-methyl/N-ethyl adjacent to an activating group) is 1. The van der Waals surface area contributed by atoms with E-state index in [4.69, 9.17) is 9.47 Å². The summed E-state index contributed by atoms with van der Waals surface area (Å²) in [4.78, 5) is 19.4. The highest BCUT2D eigenvalue weighted by atomic mass is 32.2. The Morgan fingerprint density at radius 2 is 1.92 bits per heavy atom. The van der Waals surface area contributed by atoms with Gasteiger partial charge in [-0.15, -0.1) is 0 Å². The topological polar surface area (TPSA) is 51.1 Å². The normalized spacial score (nSPS) is 19.0. The molecule has 0 aromatic heterocycles. The molecule has 0 N–H and O–H groups in total. The molecular formula is C20H18N2O3S. The molecule has 1 saturated heterocycles. The molecule has 4 rings (SSSR count). The summed E-state index contributed by atoms with van der Waals surface area (Å²) in [7, 11) is 1.75. The molecule has 1 amide bonds. The minimum Gasteiger partial charge on any atom is -0.454 e. The molecule has 132 valence electrons. The second kappa shape index (κ2) is 6.88. The van der Waals surface area contributed by atoms with Gasteiger partial charge >= 0.3 is 0 Å². The molecule has 0 atom stereocenters. The molecule has 2 aliphatic rings. The average molecular weight is 366 g/mol. The van der Waals surface area contributed by atoms with Crippen LogP contribution in [0.5, 0.6) is 11.5 Å². The second-order valence-electron chi connectivity index (χ2n) is 6.00. The SMILES string of the molecule is CCc1ccc(N=C2S/C(=C/c3ccc4c(c3)OCO4)C(=O)N2C)cc1. The lowest BCUT2D eigenvalue weighted by molar-refractivity contribution is -0.121. The van der Waals surface area contributed by atoms with Gasteiger partial charge in [-0.1, -0.05) is 25.1 Å². The van der Waals surface area contributed by atoms with Crippen LogP contribution in [-0.4, -0.2) is 29.8 Å². The van der Waals surface area contributed by atoms with Crippen molar-refractivity contribution in [2.75, 3.05) is 13.8 Å². The standard InChI is InChI=1S/C20H18N2O3S/c1-3-13-4-7-15(8-5-13)21-20-22(2)19(23)18(26-20)11-14-6-9-16-17(10-14)25-12-24-16/h4-11H,3,12H2,1-2H3/b18-11+,21-20?. The number of amidine groups is 1. The Labute approximate surface area is 156 Å². The van der Waals surface area contributed by atoms with Gasteiger partial charge in [-0.05, 0) is 59.7 Å². The number of ether oxygens (including phenoxy) is 2. The molecule has 2 aromatic rings. The summed E-state index contributed by atoms with van der Waals surface area (Å²) < 4.78 is 10.7. The highest BCUT2D eigenvalue weighted by Crippen LogP contribution is 2.36. The molecule has 0 radical (unpaired) electrons. The zero-order valence-electron chi connectivity index (χ0n) is 14.6. The van der Waals surface area contributed by atoms with E-state index in [2.05, 4.69) is 24.0 Å². The van der Waals surface area contributed by atoms with E-state index >= 15 is 0 Å². The fourth-order valence-electron chi connectivity index (χ4n) is 2.72. The lowest BCUT2D eigenvalue weighted by Gasteiger charge is -2.07. The number of carbonyl (C=O) groups is 1. The Bertz CT molecular complexity index is 919. The van der Waals surface area contributed by atoms with Crippen LogP contribution >= 0.6 is 11.8 Å². The highest BCUT2D eigenvalue weighted by Gasteiger charge is 2.30. The maximum Gasteiger partial charge on any atom is 0.266 e. The largest absolute Gasteiger partial charge is 0.454 e. The minimum absolute atomic E-state index is 0.0587. The lowest BCUT2D eigenvalue weighted by atomic mass is 10.2. The molecule has 26 heavy (non-hydrogen) atoms.